The molecular weight excluding hydrogens is 413 g/mol. The second-order valence-corrected chi connectivity index (χ2v) is 6.84. The molecule has 0 aliphatic heterocycles. The predicted molar refractivity (Wildman–Crippen MR) is 105 cm³/mol. The van der Waals surface area contributed by atoms with E-state index >= 15 is 0 Å². The highest BCUT2D eigenvalue weighted by Gasteiger charge is 2.06. The minimum atomic E-state index is 0. The van der Waals surface area contributed by atoms with Crippen LogP contribution in [0.1, 0.15) is 16.7 Å². The molecule has 0 radical (unpaired) electrons. The molecule has 0 saturated heterocycles. The molecule has 3 nitrogen and oxygen atoms in total. The first-order valence-corrected chi connectivity index (χ1v) is 8.53. The molecule has 21 heavy (non-hydrogen) atoms. The second-order valence-electron chi connectivity index (χ2n) is 4.77. The SMILES string of the molecule is CN=C(NCc1cccs1)NCC(C)Cc1cccs1.I. The molecule has 0 fully saturated rings. The van der Waals surface area contributed by atoms with Crippen LogP contribution in [0.5, 0.6) is 0 Å². The number of nitrogens with zero attached hydrogens (tertiary/aromatic N) is 1. The molecule has 2 heterocycles. The lowest BCUT2D eigenvalue weighted by Gasteiger charge is -2.15. The fourth-order valence-corrected chi connectivity index (χ4v) is 3.43. The fraction of sp³-hybridized carbons (Fsp3) is 0.400. The summed E-state index contributed by atoms with van der Waals surface area (Å²) in [5, 5.41) is 11.0. The van der Waals surface area contributed by atoms with Crippen LogP contribution in [0.25, 0.3) is 0 Å². The number of rotatable bonds is 6. The van der Waals surface area contributed by atoms with E-state index < -0.39 is 0 Å². The average Bonchev–Trinajstić information content (AvgIpc) is 3.12. The fourth-order valence-electron chi connectivity index (χ4n) is 1.92. The predicted octanol–water partition coefficient (Wildman–Crippen LogP) is 3.97. The van der Waals surface area contributed by atoms with Crippen LogP contribution >= 0.6 is 46.7 Å². The third-order valence-corrected chi connectivity index (χ3v) is 4.76. The molecule has 1 unspecified atom stereocenters. The van der Waals surface area contributed by atoms with E-state index in [0.717, 1.165) is 25.5 Å². The molecule has 0 amide bonds. The van der Waals surface area contributed by atoms with Crippen molar-refractivity contribution >= 4 is 52.6 Å². The molecule has 6 heteroatoms. The van der Waals surface area contributed by atoms with Gasteiger partial charge < -0.3 is 10.6 Å². The van der Waals surface area contributed by atoms with Crippen LogP contribution in [0.15, 0.2) is 40.0 Å². The van der Waals surface area contributed by atoms with Crippen LogP contribution < -0.4 is 10.6 Å². The summed E-state index contributed by atoms with van der Waals surface area (Å²) in [5.74, 6) is 1.46. The van der Waals surface area contributed by atoms with Crippen LogP contribution in [-0.4, -0.2) is 19.6 Å². The number of hydrogen-bond donors (Lipinski definition) is 2. The molecule has 2 N–H and O–H groups in total. The first kappa shape index (κ1) is 18.4. The molecule has 0 saturated carbocycles. The van der Waals surface area contributed by atoms with Crippen molar-refractivity contribution in [1.29, 1.82) is 0 Å². The van der Waals surface area contributed by atoms with Gasteiger partial charge >= 0.3 is 0 Å². The maximum Gasteiger partial charge on any atom is 0.191 e. The van der Waals surface area contributed by atoms with Crippen molar-refractivity contribution in [3.8, 4) is 0 Å². The third-order valence-electron chi connectivity index (χ3n) is 2.98. The summed E-state index contributed by atoms with van der Waals surface area (Å²) in [4.78, 5) is 7.02. The Morgan fingerprint density at radius 2 is 1.81 bits per heavy atom. The lowest BCUT2D eigenvalue weighted by atomic mass is 10.1. The van der Waals surface area contributed by atoms with Crippen LogP contribution in [0.2, 0.25) is 0 Å². The molecule has 116 valence electrons. The highest BCUT2D eigenvalue weighted by Crippen LogP contribution is 2.13. The normalized spacial score (nSPS) is 12.6. The van der Waals surface area contributed by atoms with Gasteiger partial charge in [-0.15, -0.1) is 46.7 Å². The number of guanidine groups is 1. The Bertz CT molecular complexity index is 509. The van der Waals surface area contributed by atoms with Gasteiger partial charge in [0.15, 0.2) is 5.96 Å². The van der Waals surface area contributed by atoms with Gasteiger partial charge in [0, 0.05) is 23.3 Å². The Morgan fingerprint density at radius 1 is 1.14 bits per heavy atom. The molecule has 1 atom stereocenters. The topological polar surface area (TPSA) is 36.4 Å². The number of nitrogens with one attached hydrogen (secondary N) is 2. The zero-order chi connectivity index (χ0) is 14.2. The quantitative estimate of drug-likeness (QED) is 0.409. The van der Waals surface area contributed by atoms with Gasteiger partial charge in [-0.2, -0.15) is 0 Å². The van der Waals surface area contributed by atoms with E-state index in [9.17, 15) is 0 Å². The second kappa shape index (κ2) is 10.2. The number of thiophene rings is 2. The van der Waals surface area contributed by atoms with Gasteiger partial charge in [0.2, 0.25) is 0 Å². The van der Waals surface area contributed by atoms with Crippen molar-refractivity contribution in [3.05, 3.63) is 44.8 Å². The van der Waals surface area contributed by atoms with Crippen molar-refractivity contribution in [2.45, 2.75) is 19.9 Å². The van der Waals surface area contributed by atoms with Crippen LogP contribution in [-0.2, 0) is 13.0 Å². The summed E-state index contributed by atoms with van der Waals surface area (Å²) >= 11 is 3.59. The Kier molecular flexibility index (Phi) is 8.94. The minimum absolute atomic E-state index is 0. The van der Waals surface area contributed by atoms with Crippen molar-refractivity contribution in [1.82, 2.24) is 10.6 Å². The molecule has 0 aromatic carbocycles. The maximum absolute atomic E-state index is 4.26. The summed E-state index contributed by atoms with van der Waals surface area (Å²) in [6.45, 7) is 4.03. The number of aliphatic imine (C=N–C) groups is 1. The summed E-state index contributed by atoms with van der Waals surface area (Å²) in [6, 6.07) is 8.51. The third kappa shape index (κ3) is 6.80. The largest absolute Gasteiger partial charge is 0.356 e. The van der Waals surface area contributed by atoms with Crippen molar-refractivity contribution in [2.24, 2.45) is 10.9 Å². The zero-order valence-electron chi connectivity index (χ0n) is 12.3. The minimum Gasteiger partial charge on any atom is -0.356 e. The molecule has 0 aliphatic carbocycles. The van der Waals surface area contributed by atoms with Gasteiger partial charge in [0.05, 0.1) is 6.54 Å². The van der Waals surface area contributed by atoms with Crippen molar-refractivity contribution < 1.29 is 0 Å². The molecule has 2 rings (SSSR count). The highest BCUT2D eigenvalue weighted by atomic mass is 127. The van der Waals surface area contributed by atoms with Crippen molar-refractivity contribution in [3.63, 3.8) is 0 Å². The first-order valence-electron chi connectivity index (χ1n) is 6.77. The van der Waals surface area contributed by atoms with Crippen LogP contribution in [0.4, 0.5) is 0 Å². The molecule has 2 aromatic heterocycles. The van der Waals surface area contributed by atoms with Gasteiger partial charge in [-0.3, -0.25) is 4.99 Å². The molecule has 0 spiro atoms. The van der Waals surface area contributed by atoms with E-state index in [4.69, 9.17) is 0 Å². The molecule has 0 bridgehead atoms. The van der Waals surface area contributed by atoms with E-state index in [0.29, 0.717) is 5.92 Å². The smallest absolute Gasteiger partial charge is 0.191 e. The van der Waals surface area contributed by atoms with Gasteiger partial charge in [-0.25, -0.2) is 0 Å². The average molecular weight is 435 g/mol. The number of hydrogen-bond acceptors (Lipinski definition) is 3. The summed E-state index contributed by atoms with van der Waals surface area (Å²) in [5.41, 5.74) is 0. The first-order chi connectivity index (χ1) is 9.78. The van der Waals surface area contributed by atoms with E-state index in [1.54, 1.807) is 11.3 Å². The molecular formula is C15H22IN3S2. The Labute approximate surface area is 151 Å². The summed E-state index contributed by atoms with van der Waals surface area (Å²) < 4.78 is 0. The van der Waals surface area contributed by atoms with Crippen molar-refractivity contribution in [2.75, 3.05) is 13.6 Å². The van der Waals surface area contributed by atoms with E-state index in [2.05, 4.69) is 57.6 Å². The molecule has 0 aliphatic rings. The number of halogens is 1. The lowest BCUT2D eigenvalue weighted by Crippen LogP contribution is -2.39. The Balaban J connectivity index is 0.00000220. The Morgan fingerprint density at radius 3 is 2.38 bits per heavy atom. The van der Waals surface area contributed by atoms with Gasteiger partial charge in [-0.1, -0.05) is 19.1 Å². The van der Waals surface area contributed by atoms with E-state index in [1.165, 1.54) is 9.75 Å². The van der Waals surface area contributed by atoms with Gasteiger partial charge in [0.1, 0.15) is 0 Å². The summed E-state index contributed by atoms with van der Waals surface area (Å²) in [6.07, 6.45) is 1.12. The maximum atomic E-state index is 4.26. The summed E-state index contributed by atoms with van der Waals surface area (Å²) in [7, 11) is 1.81. The van der Waals surface area contributed by atoms with E-state index in [1.807, 2.05) is 18.4 Å². The standard InChI is InChI=1S/C15H21N3S2.HI/c1-12(9-13-5-3-7-19-13)10-17-15(16-2)18-11-14-6-4-8-20-14;/h3-8,12H,9-11H2,1-2H3,(H2,16,17,18);1H. The Hall–Kier alpha value is -0.600. The van der Waals surface area contributed by atoms with Crippen LogP contribution in [0.3, 0.4) is 0 Å². The zero-order valence-corrected chi connectivity index (χ0v) is 16.3. The monoisotopic (exact) mass is 435 g/mol. The van der Waals surface area contributed by atoms with E-state index in [-0.39, 0.29) is 24.0 Å². The van der Waals surface area contributed by atoms with Gasteiger partial charge in [0.25, 0.3) is 0 Å². The highest BCUT2D eigenvalue weighted by molar-refractivity contribution is 14.0. The van der Waals surface area contributed by atoms with Gasteiger partial charge in [-0.05, 0) is 35.2 Å². The van der Waals surface area contributed by atoms with Crippen LogP contribution in [0, 0.1) is 5.92 Å². The lowest BCUT2D eigenvalue weighted by molar-refractivity contribution is 0.562. The molecule has 2 aromatic rings.